The number of hydrogen-bond acceptors (Lipinski definition) is 2. The highest BCUT2D eigenvalue weighted by Crippen LogP contribution is 2.14. The number of nitrogens with one attached hydrogen (secondary N) is 1. The molecule has 0 atom stereocenters. The second-order valence-corrected chi connectivity index (χ2v) is 4.30. The van der Waals surface area contributed by atoms with Gasteiger partial charge >= 0.3 is 5.97 Å². The minimum Gasteiger partial charge on any atom is -0.478 e. The van der Waals surface area contributed by atoms with Crippen LogP contribution in [-0.2, 0) is 0 Å². The van der Waals surface area contributed by atoms with Gasteiger partial charge in [-0.05, 0) is 42.8 Å². The van der Waals surface area contributed by atoms with Crippen LogP contribution in [0, 0.1) is 12.7 Å². The van der Waals surface area contributed by atoms with Gasteiger partial charge in [-0.15, -0.1) is 0 Å². The number of aromatic carboxylic acids is 1. The number of aryl methyl sites for hydroxylation is 1. The van der Waals surface area contributed by atoms with Gasteiger partial charge in [-0.3, -0.25) is 4.79 Å². The van der Waals surface area contributed by atoms with Gasteiger partial charge in [0, 0.05) is 11.3 Å². The van der Waals surface area contributed by atoms with Crippen LogP contribution in [0.25, 0.3) is 0 Å². The molecule has 0 bridgehead atoms. The van der Waals surface area contributed by atoms with E-state index in [-0.39, 0.29) is 11.1 Å². The zero-order valence-corrected chi connectivity index (χ0v) is 10.7. The molecule has 0 heterocycles. The minimum absolute atomic E-state index is 0.0675. The van der Waals surface area contributed by atoms with Gasteiger partial charge in [-0.2, -0.15) is 0 Å². The van der Waals surface area contributed by atoms with E-state index < -0.39 is 17.7 Å². The molecule has 5 heteroatoms. The van der Waals surface area contributed by atoms with Crippen molar-refractivity contribution < 1.29 is 19.1 Å². The zero-order chi connectivity index (χ0) is 14.7. The third-order valence-electron chi connectivity index (χ3n) is 2.80. The second-order valence-electron chi connectivity index (χ2n) is 4.30. The Labute approximate surface area is 114 Å². The van der Waals surface area contributed by atoms with Crippen molar-refractivity contribution in [1.29, 1.82) is 0 Å². The lowest BCUT2D eigenvalue weighted by Gasteiger charge is -2.07. The van der Waals surface area contributed by atoms with Gasteiger partial charge in [0.2, 0.25) is 0 Å². The highest BCUT2D eigenvalue weighted by atomic mass is 19.1. The number of carboxylic acids is 1. The van der Waals surface area contributed by atoms with Crippen LogP contribution in [0.5, 0.6) is 0 Å². The first-order valence-corrected chi connectivity index (χ1v) is 5.88. The zero-order valence-electron chi connectivity index (χ0n) is 10.7. The summed E-state index contributed by atoms with van der Waals surface area (Å²) >= 11 is 0. The number of amides is 1. The Hall–Kier alpha value is -2.69. The van der Waals surface area contributed by atoms with Gasteiger partial charge in [-0.25, -0.2) is 9.18 Å². The summed E-state index contributed by atoms with van der Waals surface area (Å²) in [6, 6.07) is 10.0. The molecule has 1 amide bonds. The molecular weight excluding hydrogens is 261 g/mol. The minimum atomic E-state index is -1.08. The van der Waals surface area contributed by atoms with Crippen LogP contribution >= 0.6 is 0 Å². The SMILES string of the molecule is Cc1ccc(C(=O)Nc2cccc(C(=O)O)c2)cc1F. The standard InChI is InChI=1S/C15H12FNO3/c1-9-5-6-10(8-13(9)16)14(18)17-12-4-2-3-11(7-12)15(19)20/h2-8H,1H3,(H,17,18)(H,19,20). The molecule has 102 valence electrons. The van der Waals surface area contributed by atoms with E-state index in [1.807, 2.05) is 0 Å². The molecule has 0 fully saturated rings. The van der Waals surface area contributed by atoms with Crippen LogP contribution in [-0.4, -0.2) is 17.0 Å². The lowest BCUT2D eigenvalue weighted by Crippen LogP contribution is -2.12. The normalized spacial score (nSPS) is 10.1. The van der Waals surface area contributed by atoms with E-state index in [9.17, 15) is 14.0 Å². The Balaban J connectivity index is 2.21. The Morgan fingerprint density at radius 1 is 1.10 bits per heavy atom. The maximum absolute atomic E-state index is 13.4. The fraction of sp³-hybridized carbons (Fsp3) is 0.0667. The van der Waals surface area contributed by atoms with Crippen molar-refractivity contribution in [3.05, 3.63) is 65.0 Å². The van der Waals surface area contributed by atoms with Crippen molar-refractivity contribution in [2.24, 2.45) is 0 Å². The van der Waals surface area contributed by atoms with Crippen LogP contribution in [0.2, 0.25) is 0 Å². The molecule has 2 N–H and O–H groups in total. The van der Waals surface area contributed by atoms with Gasteiger partial charge < -0.3 is 10.4 Å². The predicted octanol–water partition coefficient (Wildman–Crippen LogP) is 3.08. The first-order valence-electron chi connectivity index (χ1n) is 5.88. The van der Waals surface area contributed by atoms with Crippen molar-refractivity contribution >= 4 is 17.6 Å². The average molecular weight is 273 g/mol. The van der Waals surface area contributed by atoms with E-state index in [0.717, 1.165) is 6.07 Å². The molecule has 0 unspecified atom stereocenters. The first-order chi connectivity index (χ1) is 9.47. The van der Waals surface area contributed by atoms with E-state index in [1.165, 1.54) is 30.3 Å². The fourth-order valence-corrected chi connectivity index (χ4v) is 1.67. The van der Waals surface area contributed by atoms with Crippen LogP contribution < -0.4 is 5.32 Å². The Kier molecular flexibility index (Phi) is 3.79. The fourth-order valence-electron chi connectivity index (χ4n) is 1.67. The van der Waals surface area contributed by atoms with Crippen LogP contribution in [0.4, 0.5) is 10.1 Å². The molecule has 2 aromatic rings. The number of carboxylic acid groups (broad SMARTS) is 1. The molecule has 0 spiro atoms. The molecule has 2 rings (SSSR count). The van der Waals surface area contributed by atoms with Crippen molar-refractivity contribution in [3.63, 3.8) is 0 Å². The molecule has 0 saturated carbocycles. The number of carbonyl (C=O) groups excluding carboxylic acids is 1. The summed E-state index contributed by atoms with van der Waals surface area (Å²) in [5.41, 5.74) is 1.04. The Morgan fingerprint density at radius 3 is 2.50 bits per heavy atom. The Morgan fingerprint density at radius 2 is 1.85 bits per heavy atom. The van der Waals surface area contributed by atoms with Crippen LogP contribution in [0.1, 0.15) is 26.3 Å². The third-order valence-corrected chi connectivity index (χ3v) is 2.80. The number of rotatable bonds is 3. The number of halogens is 1. The van der Waals surface area contributed by atoms with Gasteiger partial charge in [0.15, 0.2) is 0 Å². The van der Waals surface area contributed by atoms with Gasteiger partial charge in [-0.1, -0.05) is 12.1 Å². The smallest absolute Gasteiger partial charge is 0.335 e. The van der Waals surface area contributed by atoms with Crippen LogP contribution in [0.3, 0.4) is 0 Å². The van der Waals surface area contributed by atoms with Crippen molar-refractivity contribution in [2.75, 3.05) is 5.32 Å². The summed E-state index contributed by atoms with van der Waals surface area (Å²) in [5, 5.41) is 11.4. The maximum Gasteiger partial charge on any atom is 0.335 e. The van der Waals surface area contributed by atoms with E-state index in [4.69, 9.17) is 5.11 Å². The third kappa shape index (κ3) is 3.00. The summed E-state index contributed by atoms with van der Waals surface area (Å²) in [7, 11) is 0. The molecule has 20 heavy (non-hydrogen) atoms. The van der Waals surface area contributed by atoms with E-state index >= 15 is 0 Å². The molecule has 0 aliphatic carbocycles. The van der Waals surface area contributed by atoms with Crippen molar-refractivity contribution in [1.82, 2.24) is 0 Å². The first kappa shape index (κ1) is 13.7. The van der Waals surface area contributed by atoms with Crippen molar-refractivity contribution in [2.45, 2.75) is 6.92 Å². The highest BCUT2D eigenvalue weighted by molar-refractivity contribution is 6.04. The van der Waals surface area contributed by atoms with Crippen molar-refractivity contribution in [3.8, 4) is 0 Å². The molecular formula is C15H12FNO3. The van der Waals surface area contributed by atoms with E-state index in [2.05, 4.69) is 5.32 Å². The van der Waals surface area contributed by atoms with Gasteiger partial charge in [0.05, 0.1) is 5.56 Å². The maximum atomic E-state index is 13.4. The Bertz CT molecular complexity index is 683. The molecule has 0 aromatic heterocycles. The average Bonchev–Trinajstić information content (AvgIpc) is 2.42. The molecule has 4 nitrogen and oxygen atoms in total. The van der Waals surface area contributed by atoms with Crippen LogP contribution in [0.15, 0.2) is 42.5 Å². The molecule has 2 aromatic carbocycles. The summed E-state index contributed by atoms with van der Waals surface area (Å²) in [6.07, 6.45) is 0. The summed E-state index contributed by atoms with van der Waals surface area (Å²) in [4.78, 5) is 22.8. The summed E-state index contributed by atoms with van der Waals surface area (Å²) in [5.74, 6) is -2.04. The lowest BCUT2D eigenvalue weighted by molar-refractivity contribution is 0.0696. The number of anilines is 1. The second kappa shape index (κ2) is 5.52. The highest BCUT2D eigenvalue weighted by Gasteiger charge is 2.10. The molecule has 0 aliphatic heterocycles. The lowest BCUT2D eigenvalue weighted by atomic mass is 10.1. The predicted molar refractivity (Wildman–Crippen MR) is 72.5 cm³/mol. The summed E-state index contributed by atoms with van der Waals surface area (Å²) < 4.78 is 13.4. The largest absolute Gasteiger partial charge is 0.478 e. The molecule has 0 aliphatic rings. The summed E-state index contributed by atoms with van der Waals surface area (Å²) in [6.45, 7) is 1.60. The number of carbonyl (C=O) groups is 2. The number of benzene rings is 2. The monoisotopic (exact) mass is 273 g/mol. The van der Waals surface area contributed by atoms with E-state index in [0.29, 0.717) is 11.3 Å². The van der Waals surface area contributed by atoms with Gasteiger partial charge in [0.1, 0.15) is 5.82 Å². The molecule has 0 radical (unpaired) electrons. The quantitative estimate of drug-likeness (QED) is 0.903. The number of hydrogen-bond donors (Lipinski definition) is 2. The topological polar surface area (TPSA) is 66.4 Å². The van der Waals surface area contributed by atoms with E-state index in [1.54, 1.807) is 13.0 Å². The van der Waals surface area contributed by atoms with Gasteiger partial charge in [0.25, 0.3) is 5.91 Å². The molecule has 0 saturated heterocycles.